The fourth-order valence-corrected chi connectivity index (χ4v) is 5.57. The number of aliphatic hydroxyl groups excluding tert-OH is 1. The van der Waals surface area contributed by atoms with Crippen LogP contribution in [0, 0.1) is 17.0 Å². The van der Waals surface area contributed by atoms with Gasteiger partial charge in [-0.15, -0.1) is 11.3 Å². The molecule has 3 aromatic rings. The molecule has 0 aliphatic heterocycles. The number of halogens is 2. The summed E-state index contributed by atoms with van der Waals surface area (Å²) < 4.78 is 27.5. The Balaban J connectivity index is 1.55. The minimum absolute atomic E-state index is 0.107. The van der Waals surface area contributed by atoms with E-state index in [4.69, 9.17) is 0 Å². The number of hydrogen-bond donors (Lipinski definition) is 3. The number of benzene rings is 2. The Morgan fingerprint density at radius 2 is 1.84 bits per heavy atom. The van der Waals surface area contributed by atoms with Gasteiger partial charge in [-0.05, 0) is 59.9 Å². The van der Waals surface area contributed by atoms with Crippen molar-refractivity contribution in [2.24, 2.45) is 5.41 Å². The number of aliphatic hydroxyl groups is 1. The molecular weight excluding hydrogens is 492 g/mol. The summed E-state index contributed by atoms with van der Waals surface area (Å²) in [6.07, 6.45) is 3.71. The molecule has 1 saturated carbocycles. The van der Waals surface area contributed by atoms with Crippen LogP contribution in [0.4, 0.5) is 8.78 Å². The number of aromatic nitrogens is 1. The Morgan fingerprint density at radius 1 is 1.14 bits per heavy atom. The zero-order valence-corrected chi connectivity index (χ0v) is 22.6. The molecule has 2 aromatic carbocycles. The first-order valence-electron chi connectivity index (χ1n) is 12.6. The average molecular weight is 528 g/mol. The van der Waals surface area contributed by atoms with Gasteiger partial charge in [-0.25, -0.2) is 13.8 Å². The number of nitrogens with one attached hydrogen (secondary N) is 2. The molecule has 1 fully saturated rings. The Kier molecular flexibility index (Phi) is 8.11. The van der Waals surface area contributed by atoms with Crippen LogP contribution >= 0.6 is 11.3 Å². The van der Waals surface area contributed by atoms with Gasteiger partial charge in [-0.2, -0.15) is 0 Å². The van der Waals surface area contributed by atoms with Crippen molar-refractivity contribution >= 4 is 17.2 Å². The van der Waals surface area contributed by atoms with Crippen LogP contribution < -0.4 is 10.6 Å². The molecule has 1 aliphatic rings. The second kappa shape index (κ2) is 11.0. The lowest BCUT2D eigenvalue weighted by Gasteiger charge is -2.28. The van der Waals surface area contributed by atoms with Crippen molar-refractivity contribution in [3.05, 3.63) is 76.3 Å². The monoisotopic (exact) mass is 527 g/mol. The molecule has 1 heterocycles. The standard InChI is InChI=1S/C29H35F2N3O2S/c1-18(35)34-25(14-20-11-21(30)15-22(31)12-20)26(36)17-33-29(7-8-29)24-13-19(16-28(2,3)4)5-6-23(24)27-32-9-10-37-27/h5-6,9-13,15,25-26,33,36H,7-8,14,16-17H2,1-4H3,(H,34,35). The quantitative estimate of drug-likeness (QED) is 0.332. The number of thiazole rings is 1. The highest BCUT2D eigenvalue weighted by atomic mass is 32.1. The molecule has 5 nitrogen and oxygen atoms in total. The summed E-state index contributed by atoms with van der Waals surface area (Å²) in [5.41, 5.74) is 3.71. The van der Waals surface area contributed by atoms with E-state index in [9.17, 15) is 18.7 Å². The molecule has 8 heteroatoms. The smallest absolute Gasteiger partial charge is 0.217 e. The summed E-state index contributed by atoms with van der Waals surface area (Å²) in [7, 11) is 0. The number of carbonyl (C=O) groups excluding carboxylic acids is 1. The topological polar surface area (TPSA) is 74.2 Å². The molecule has 0 saturated heterocycles. The zero-order valence-electron chi connectivity index (χ0n) is 21.8. The fraction of sp³-hybridized carbons (Fsp3) is 0.448. The third kappa shape index (κ3) is 7.21. The molecule has 4 rings (SSSR count). The van der Waals surface area contributed by atoms with Gasteiger partial charge >= 0.3 is 0 Å². The Morgan fingerprint density at radius 3 is 2.41 bits per heavy atom. The molecule has 2 unspecified atom stereocenters. The molecular formula is C29H35F2N3O2S. The summed E-state index contributed by atoms with van der Waals surface area (Å²) in [5, 5.41) is 20.3. The van der Waals surface area contributed by atoms with Crippen molar-refractivity contribution in [1.29, 1.82) is 0 Å². The highest BCUT2D eigenvalue weighted by Gasteiger charge is 2.46. The molecule has 0 radical (unpaired) electrons. The van der Waals surface area contributed by atoms with E-state index < -0.39 is 23.8 Å². The highest BCUT2D eigenvalue weighted by Crippen LogP contribution is 2.49. The maximum absolute atomic E-state index is 13.7. The summed E-state index contributed by atoms with van der Waals surface area (Å²) in [6.45, 7) is 8.23. The maximum Gasteiger partial charge on any atom is 0.217 e. The van der Waals surface area contributed by atoms with Crippen molar-refractivity contribution in [2.45, 2.75) is 71.1 Å². The van der Waals surface area contributed by atoms with E-state index in [-0.39, 0.29) is 29.8 Å². The van der Waals surface area contributed by atoms with Crippen LogP contribution in [0.15, 0.2) is 48.0 Å². The van der Waals surface area contributed by atoms with Crippen molar-refractivity contribution in [1.82, 2.24) is 15.6 Å². The second-order valence-electron chi connectivity index (χ2n) is 11.3. The summed E-state index contributed by atoms with van der Waals surface area (Å²) in [6, 6.07) is 9.12. The van der Waals surface area contributed by atoms with Crippen LogP contribution in [0.2, 0.25) is 0 Å². The first-order chi connectivity index (χ1) is 17.4. The normalized spacial score (nSPS) is 16.3. The maximum atomic E-state index is 13.7. The highest BCUT2D eigenvalue weighted by molar-refractivity contribution is 7.13. The number of rotatable bonds is 10. The van der Waals surface area contributed by atoms with E-state index in [1.165, 1.54) is 30.2 Å². The number of amides is 1. The van der Waals surface area contributed by atoms with Crippen LogP contribution in [0.1, 0.15) is 57.2 Å². The Labute approximate surface area is 221 Å². The fourth-order valence-electron chi connectivity index (χ4n) is 4.89. The van der Waals surface area contributed by atoms with E-state index in [0.717, 1.165) is 35.9 Å². The molecule has 1 amide bonds. The van der Waals surface area contributed by atoms with Gasteiger partial charge in [0.2, 0.25) is 5.91 Å². The first kappa shape index (κ1) is 27.4. The van der Waals surface area contributed by atoms with Crippen molar-refractivity contribution < 1.29 is 18.7 Å². The summed E-state index contributed by atoms with van der Waals surface area (Å²) in [5.74, 6) is -1.69. The van der Waals surface area contributed by atoms with E-state index >= 15 is 0 Å². The molecule has 37 heavy (non-hydrogen) atoms. The summed E-state index contributed by atoms with van der Waals surface area (Å²) >= 11 is 1.60. The van der Waals surface area contributed by atoms with Gasteiger partial charge in [0.1, 0.15) is 16.6 Å². The zero-order chi connectivity index (χ0) is 26.8. The molecule has 0 spiro atoms. The Hall–Kier alpha value is -2.68. The SMILES string of the molecule is CC(=O)NC(Cc1cc(F)cc(F)c1)C(O)CNC1(c2cc(CC(C)(C)C)ccc2-c2nccs2)CC1. The van der Waals surface area contributed by atoms with Crippen molar-refractivity contribution in [2.75, 3.05) is 6.54 Å². The molecule has 198 valence electrons. The van der Waals surface area contributed by atoms with Crippen LogP contribution in [-0.2, 0) is 23.2 Å². The van der Waals surface area contributed by atoms with Gasteiger partial charge in [0.25, 0.3) is 0 Å². The van der Waals surface area contributed by atoms with Crippen molar-refractivity contribution in [3.8, 4) is 10.6 Å². The van der Waals surface area contributed by atoms with Crippen LogP contribution in [-0.4, -0.2) is 34.7 Å². The first-order valence-corrected chi connectivity index (χ1v) is 13.5. The molecule has 0 bridgehead atoms. The number of nitrogens with zero attached hydrogens (tertiary/aromatic N) is 1. The van der Waals surface area contributed by atoms with E-state index in [1.54, 1.807) is 17.5 Å². The summed E-state index contributed by atoms with van der Waals surface area (Å²) in [4.78, 5) is 16.4. The molecule has 3 N–H and O–H groups in total. The molecule has 1 aromatic heterocycles. The Bertz CT molecular complexity index is 1220. The number of carbonyl (C=O) groups is 1. The van der Waals surface area contributed by atoms with Gasteiger partial charge in [-0.1, -0.05) is 39.0 Å². The minimum atomic E-state index is -0.964. The number of hydrogen-bond acceptors (Lipinski definition) is 5. The van der Waals surface area contributed by atoms with Gasteiger partial charge in [0, 0.05) is 42.2 Å². The van der Waals surface area contributed by atoms with Gasteiger partial charge in [-0.3, -0.25) is 4.79 Å². The van der Waals surface area contributed by atoms with Crippen LogP contribution in [0.5, 0.6) is 0 Å². The lowest BCUT2D eigenvalue weighted by Crippen LogP contribution is -2.49. The van der Waals surface area contributed by atoms with Crippen LogP contribution in [0.25, 0.3) is 10.6 Å². The van der Waals surface area contributed by atoms with Crippen LogP contribution in [0.3, 0.4) is 0 Å². The molecule has 1 aliphatic carbocycles. The van der Waals surface area contributed by atoms with Crippen molar-refractivity contribution in [3.63, 3.8) is 0 Å². The lowest BCUT2D eigenvalue weighted by molar-refractivity contribution is -0.120. The van der Waals surface area contributed by atoms with Gasteiger partial charge in [0.15, 0.2) is 0 Å². The van der Waals surface area contributed by atoms with E-state index in [1.807, 2.05) is 5.38 Å². The van der Waals surface area contributed by atoms with Gasteiger partial charge in [0.05, 0.1) is 12.1 Å². The lowest BCUT2D eigenvalue weighted by atomic mass is 9.85. The minimum Gasteiger partial charge on any atom is -0.390 e. The third-order valence-corrected chi connectivity index (χ3v) is 7.43. The van der Waals surface area contributed by atoms with E-state index in [0.29, 0.717) is 5.56 Å². The second-order valence-corrected chi connectivity index (χ2v) is 12.2. The van der Waals surface area contributed by atoms with Gasteiger partial charge < -0.3 is 15.7 Å². The predicted molar refractivity (Wildman–Crippen MR) is 143 cm³/mol. The molecule has 2 atom stereocenters. The predicted octanol–water partition coefficient (Wildman–Crippen LogP) is 5.36. The third-order valence-electron chi connectivity index (χ3n) is 6.63. The average Bonchev–Trinajstić information content (AvgIpc) is 3.38. The largest absolute Gasteiger partial charge is 0.390 e. The van der Waals surface area contributed by atoms with E-state index in [2.05, 4.69) is 54.6 Å².